The van der Waals surface area contributed by atoms with Crippen LogP contribution in [0.15, 0.2) is 22.6 Å². The Bertz CT molecular complexity index is 638. The summed E-state index contributed by atoms with van der Waals surface area (Å²) in [5, 5.41) is 2.85. The van der Waals surface area contributed by atoms with Gasteiger partial charge in [-0.15, -0.1) is 0 Å². The molecule has 0 aliphatic rings. The number of hydrogen-bond donors (Lipinski definition) is 0. The molecular weight excluding hydrogens is 338 g/mol. The summed E-state index contributed by atoms with van der Waals surface area (Å²) in [5.41, 5.74) is 1.39. The zero-order chi connectivity index (χ0) is 15.4. The Labute approximate surface area is 131 Å². The van der Waals surface area contributed by atoms with Gasteiger partial charge in [0.1, 0.15) is 11.3 Å². The van der Waals surface area contributed by atoms with Gasteiger partial charge in [0.2, 0.25) is 0 Å². The molecule has 1 amide bonds. The highest BCUT2D eigenvalue weighted by atomic mass is 79.9. The van der Waals surface area contributed by atoms with Gasteiger partial charge in [-0.3, -0.25) is 9.63 Å². The lowest BCUT2D eigenvalue weighted by molar-refractivity contribution is -0.0773. The number of hydroxylamine groups is 2. The summed E-state index contributed by atoms with van der Waals surface area (Å²) >= 11 is 3.37. The summed E-state index contributed by atoms with van der Waals surface area (Å²) in [4.78, 5) is 17.1. The van der Waals surface area contributed by atoms with Crippen molar-refractivity contribution in [2.75, 3.05) is 26.1 Å². The predicted octanol–water partition coefficient (Wildman–Crippen LogP) is 3.54. The van der Waals surface area contributed by atoms with Gasteiger partial charge in [0.25, 0.3) is 0 Å². The number of rotatable bonds is 6. The van der Waals surface area contributed by atoms with Crippen LogP contribution in [-0.4, -0.2) is 37.1 Å². The second-order valence-corrected chi connectivity index (χ2v) is 5.35. The quantitative estimate of drug-likeness (QED) is 0.451. The topological polar surface area (TPSA) is 51.9 Å². The minimum absolute atomic E-state index is 0.269. The van der Waals surface area contributed by atoms with E-state index in [2.05, 4.69) is 15.9 Å². The standard InChI is InChI=1S/C15H18BrNO4/c1-10-13-11(20-9-5-8-16)6-4-7-12(13)21-14(10)15(18)17(2)19-3/h4,6-7H,5,8-9H2,1-3H3. The van der Waals surface area contributed by atoms with E-state index in [0.29, 0.717) is 12.2 Å². The maximum atomic E-state index is 12.2. The molecule has 1 aromatic heterocycles. The summed E-state index contributed by atoms with van der Waals surface area (Å²) in [6.07, 6.45) is 0.908. The number of carbonyl (C=O) groups is 1. The van der Waals surface area contributed by atoms with E-state index in [1.54, 1.807) is 7.05 Å². The Hall–Kier alpha value is -1.53. The molecule has 1 aromatic carbocycles. The number of nitrogens with zero attached hydrogens (tertiary/aromatic N) is 1. The van der Waals surface area contributed by atoms with Crippen molar-refractivity contribution in [2.24, 2.45) is 0 Å². The van der Waals surface area contributed by atoms with E-state index in [1.807, 2.05) is 25.1 Å². The highest BCUT2D eigenvalue weighted by molar-refractivity contribution is 9.09. The molecule has 0 atom stereocenters. The summed E-state index contributed by atoms with van der Waals surface area (Å²) in [6.45, 7) is 2.45. The summed E-state index contributed by atoms with van der Waals surface area (Å²) in [7, 11) is 2.98. The number of halogens is 1. The van der Waals surface area contributed by atoms with Gasteiger partial charge in [0, 0.05) is 17.9 Å². The fourth-order valence-corrected chi connectivity index (χ4v) is 2.28. The van der Waals surface area contributed by atoms with Gasteiger partial charge in [-0.2, -0.15) is 0 Å². The maximum absolute atomic E-state index is 12.2. The normalized spacial score (nSPS) is 10.9. The molecule has 0 radical (unpaired) electrons. The first-order valence-electron chi connectivity index (χ1n) is 6.63. The van der Waals surface area contributed by atoms with Crippen molar-refractivity contribution < 1.29 is 18.8 Å². The Morgan fingerprint density at radius 3 is 2.86 bits per heavy atom. The van der Waals surface area contributed by atoms with Crippen molar-refractivity contribution in [1.29, 1.82) is 0 Å². The zero-order valence-corrected chi connectivity index (χ0v) is 13.9. The fourth-order valence-electron chi connectivity index (χ4n) is 2.05. The Morgan fingerprint density at radius 1 is 1.43 bits per heavy atom. The van der Waals surface area contributed by atoms with Gasteiger partial charge >= 0.3 is 5.91 Å². The van der Waals surface area contributed by atoms with Gasteiger partial charge < -0.3 is 9.15 Å². The van der Waals surface area contributed by atoms with E-state index < -0.39 is 0 Å². The third-order valence-electron chi connectivity index (χ3n) is 3.21. The molecule has 6 heteroatoms. The molecule has 0 bridgehead atoms. The molecule has 0 saturated heterocycles. The molecule has 21 heavy (non-hydrogen) atoms. The molecule has 2 rings (SSSR count). The number of benzene rings is 1. The number of ether oxygens (including phenoxy) is 1. The van der Waals surface area contributed by atoms with Crippen LogP contribution in [0.2, 0.25) is 0 Å². The van der Waals surface area contributed by atoms with Crippen LogP contribution in [0.3, 0.4) is 0 Å². The highest BCUT2D eigenvalue weighted by Crippen LogP contribution is 2.33. The van der Waals surface area contributed by atoms with E-state index in [0.717, 1.165) is 33.5 Å². The maximum Gasteiger partial charge on any atom is 0.313 e. The Morgan fingerprint density at radius 2 is 2.19 bits per heavy atom. The molecule has 0 N–H and O–H groups in total. The van der Waals surface area contributed by atoms with Crippen LogP contribution in [-0.2, 0) is 4.84 Å². The van der Waals surface area contributed by atoms with Gasteiger partial charge in [0.15, 0.2) is 5.76 Å². The molecule has 5 nitrogen and oxygen atoms in total. The van der Waals surface area contributed by atoms with Gasteiger partial charge in [0.05, 0.1) is 19.1 Å². The van der Waals surface area contributed by atoms with Crippen LogP contribution in [0.25, 0.3) is 11.0 Å². The molecule has 1 heterocycles. The summed E-state index contributed by atoms with van der Waals surface area (Å²) < 4.78 is 11.4. The second kappa shape index (κ2) is 6.95. The summed E-state index contributed by atoms with van der Waals surface area (Å²) in [6, 6.07) is 5.56. The number of aryl methyl sites for hydroxylation is 1. The van der Waals surface area contributed by atoms with E-state index in [-0.39, 0.29) is 11.7 Å². The van der Waals surface area contributed by atoms with Crippen LogP contribution in [0.4, 0.5) is 0 Å². The number of carbonyl (C=O) groups excluding carboxylic acids is 1. The lowest BCUT2D eigenvalue weighted by atomic mass is 10.1. The average Bonchev–Trinajstić information content (AvgIpc) is 2.84. The highest BCUT2D eigenvalue weighted by Gasteiger charge is 2.23. The number of amides is 1. The first kappa shape index (κ1) is 15.9. The van der Waals surface area contributed by atoms with Crippen LogP contribution in [0.1, 0.15) is 22.5 Å². The van der Waals surface area contributed by atoms with Crippen molar-refractivity contribution in [3.05, 3.63) is 29.5 Å². The third-order valence-corrected chi connectivity index (χ3v) is 3.77. The van der Waals surface area contributed by atoms with Crippen molar-refractivity contribution in [1.82, 2.24) is 5.06 Å². The van der Waals surface area contributed by atoms with E-state index in [9.17, 15) is 4.79 Å². The van der Waals surface area contributed by atoms with Crippen molar-refractivity contribution in [3.8, 4) is 5.75 Å². The predicted molar refractivity (Wildman–Crippen MR) is 84.0 cm³/mol. The lowest BCUT2D eigenvalue weighted by Gasteiger charge is -2.11. The third kappa shape index (κ3) is 3.22. The first-order chi connectivity index (χ1) is 10.1. The molecule has 114 valence electrons. The minimum atomic E-state index is -0.322. The minimum Gasteiger partial charge on any atom is -0.493 e. The Kier molecular flexibility index (Phi) is 5.25. The smallest absolute Gasteiger partial charge is 0.313 e. The van der Waals surface area contributed by atoms with Gasteiger partial charge in [-0.1, -0.05) is 22.0 Å². The molecule has 0 unspecified atom stereocenters. The molecule has 0 aliphatic heterocycles. The average molecular weight is 356 g/mol. The van der Waals surface area contributed by atoms with Crippen LogP contribution in [0.5, 0.6) is 5.75 Å². The monoisotopic (exact) mass is 355 g/mol. The van der Waals surface area contributed by atoms with Crippen LogP contribution >= 0.6 is 15.9 Å². The lowest BCUT2D eigenvalue weighted by Crippen LogP contribution is -2.25. The van der Waals surface area contributed by atoms with Crippen molar-refractivity contribution in [3.63, 3.8) is 0 Å². The fraction of sp³-hybridized carbons (Fsp3) is 0.400. The summed E-state index contributed by atoms with van der Waals surface area (Å²) in [5.74, 6) is 0.678. The number of furan rings is 1. The molecule has 0 spiro atoms. The number of fused-ring (bicyclic) bond motifs is 1. The van der Waals surface area contributed by atoms with E-state index >= 15 is 0 Å². The van der Waals surface area contributed by atoms with Crippen LogP contribution in [0, 0.1) is 6.92 Å². The van der Waals surface area contributed by atoms with Crippen LogP contribution < -0.4 is 4.74 Å². The van der Waals surface area contributed by atoms with Crippen molar-refractivity contribution in [2.45, 2.75) is 13.3 Å². The molecule has 0 fully saturated rings. The van der Waals surface area contributed by atoms with Gasteiger partial charge in [-0.25, -0.2) is 5.06 Å². The SMILES string of the molecule is CON(C)C(=O)c1oc2cccc(OCCCBr)c2c1C. The Balaban J connectivity index is 2.41. The molecule has 0 aliphatic carbocycles. The zero-order valence-electron chi connectivity index (χ0n) is 12.3. The molecule has 0 saturated carbocycles. The second-order valence-electron chi connectivity index (χ2n) is 4.56. The van der Waals surface area contributed by atoms with Crippen molar-refractivity contribution >= 4 is 32.8 Å². The number of hydrogen-bond acceptors (Lipinski definition) is 4. The number of alkyl halides is 1. The van der Waals surface area contributed by atoms with E-state index in [4.69, 9.17) is 14.0 Å². The van der Waals surface area contributed by atoms with E-state index in [1.165, 1.54) is 7.11 Å². The first-order valence-corrected chi connectivity index (χ1v) is 7.75. The molecule has 2 aromatic rings. The molecular formula is C15H18BrNO4. The van der Waals surface area contributed by atoms with Gasteiger partial charge in [-0.05, 0) is 25.5 Å². The largest absolute Gasteiger partial charge is 0.493 e.